The van der Waals surface area contributed by atoms with Gasteiger partial charge >= 0.3 is 0 Å². The van der Waals surface area contributed by atoms with Gasteiger partial charge in [0, 0.05) is 25.1 Å². The van der Waals surface area contributed by atoms with Gasteiger partial charge in [-0.05, 0) is 37.1 Å². The molecule has 1 N–H and O–H groups in total. The van der Waals surface area contributed by atoms with Gasteiger partial charge in [0.1, 0.15) is 10.7 Å². The minimum absolute atomic E-state index is 0.0769. The van der Waals surface area contributed by atoms with Crippen molar-refractivity contribution in [2.75, 3.05) is 16.8 Å². The fraction of sp³-hybridized carbons (Fsp3) is 0.227. The zero-order chi connectivity index (χ0) is 20.4. The Morgan fingerprint density at radius 2 is 2.03 bits per heavy atom. The van der Waals surface area contributed by atoms with Crippen molar-refractivity contribution in [3.05, 3.63) is 75.5 Å². The Labute approximate surface area is 172 Å². The molecule has 0 aliphatic carbocycles. The topological polar surface area (TPSA) is 62.3 Å². The molecule has 2 aromatic carbocycles. The van der Waals surface area contributed by atoms with E-state index in [9.17, 15) is 14.0 Å². The van der Waals surface area contributed by atoms with Gasteiger partial charge < -0.3 is 10.2 Å². The monoisotopic (exact) mass is 409 g/mol. The Morgan fingerprint density at radius 1 is 1.24 bits per heavy atom. The molecule has 0 spiro atoms. The first-order chi connectivity index (χ1) is 14.0. The second-order valence-corrected chi connectivity index (χ2v) is 8.04. The van der Waals surface area contributed by atoms with Crippen LogP contribution < -0.4 is 10.2 Å². The van der Waals surface area contributed by atoms with Crippen molar-refractivity contribution in [2.45, 2.75) is 26.2 Å². The van der Waals surface area contributed by atoms with E-state index < -0.39 is 5.82 Å². The summed E-state index contributed by atoms with van der Waals surface area (Å²) in [7, 11) is 0. The van der Waals surface area contributed by atoms with E-state index >= 15 is 0 Å². The van der Waals surface area contributed by atoms with E-state index in [2.05, 4.69) is 10.3 Å². The Kier molecular flexibility index (Phi) is 5.40. The minimum atomic E-state index is -0.524. The number of aromatic nitrogens is 1. The Hall–Kier alpha value is -3.06. The molecular weight excluding hydrogens is 389 g/mol. The molecule has 4 rings (SSSR count). The van der Waals surface area contributed by atoms with Gasteiger partial charge in [-0.3, -0.25) is 9.59 Å². The average molecular weight is 409 g/mol. The standard InChI is InChI=1S/C22H20FN3O2S/c1-14-21(29-19(24-14)12-15-6-3-2-4-7-15)22(28)25-16-9-10-18(17(23)13-16)26-11-5-8-20(26)27/h2-4,6-7,9-10,13H,5,8,11-12H2,1H3,(H,25,28). The maximum atomic E-state index is 14.5. The van der Waals surface area contributed by atoms with Gasteiger partial charge in [0.15, 0.2) is 0 Å². The van der Waals surface area contributed by atoms with E-state index in [1.54, 1.807) is 13.0 Å². The predicted octanol–water partition coefficient (Wildman–Crippen LogP) is 4.56. The van der Waals surface area contributed by atoms with Crippen LogP contribution in [-0.4, -0.2) is 23.3 Å². The molecule has 0 atom stereocenters. The minimum Gasteiger partial charge on any atom is -0.321 e. The van der Waals surface area contributed by atoms with E-state index in [4.69, 9.17) is 0 Å². The van der Waals surface area contributed by atoms with Crippen molar-refractivity contribution in [1.29, 1.82) is 0 Å². The summed E-state index contributed by atoms with van der Waals surface area (Å²) in [4.78, 5) is 31.0. The molecular formula is C22H20FN3O2S. The van der Waals surface area contributed by atoms with Crippen LogP contribution in [0.4, 0.5) is 15.8 Å². The fourth-order valence-corrected chi connectivity index (χ4v) is 4.40. The fourth-order valence-electron chi connectivity index (χ4n) is 3.40. The van der Waals surface area contributed by atoms with Crippen LogP contribution in [0.25, 0.3) is 0 Å². The van der Waals surface area contributed by atoms with Crippen LogP contribution in [0.2, 0.25) is 0 Å². The highest BCUT2D eigenvalue weighted by molar-refractivity contribution is 7.14. The number of amides is 2. The van der Waals surface area contributed by atoms with Crippen LogP contribution in [0, 0.1) is 12.7 Å². The Morgan fingerprint density at radius 3 is 2.72 bits per heavy atom. The summed E-state index contributed by atoms with van der Waals surface area (Å²) in [5.74, 6) is -0.917. The van der Waals surface area contributed by atoms with Crippen molar-refractivity contribution >= 4 is 34.5 Å². The third-order valence-electron chi connectivity index (χ3n) is 4.82. The molecule has 0 saturated carbocycles. The molecule has 3 aromatic rings. The lowest BCUT2D eigenvalue weighted by atomic mass is 10.2. The average Bonchev–Trinajstić information content (AvgIpc) is 3.28. The zero-order valence-electron chi connectivity index (χ0n) is 15.9. The summed E-state index contributed by atoms with van der Waals surface area (Å²) in [6.45, 7) is 2.31. The lowest BCUT2D eigenvalue weighted by Crippen LogP contribution is -2.24. The van der Waals surface area contributed by atoms with Crippen molar-refractivity contribution in [1.82, 2.24) is 4.98 Å². The normalized spacial score (nSPS) is 13.7. The number of hydrogen-bond acceptors (Lipinski definition) is 4. The summed E-state index contributed by atoms with van der Waals surface area (Å²) >= 11 is 1.34. The number of halogens is 1. The van der Waals surface area contributed by atoms with Crippen molar-refractivity contribution in [2.24, 2.45) is 0 Å². The molecule has 1 aliphatic rings. The predicted molar refractivity (Wildman–Crippen MR) is 112 cm³/mol. The molecule has 5 nitrogen and oxygen atoms in total. The number of thiazole rings is 1. The smallest absolute Gasteiger partial charge is 0.267 e. The highest BCUT2D eigenvalue weighted by Gasteiger charge is 2.24. The van der Waals surface area contributed by atoms with Crippen LogP contribution >= 0.6 is 11.3 Å². The third-order valence-corrected chi connectivity index (χ3v) is 5.97. The van der Waals surface area contributed by atoms with E-state index in [-0.39, 0.29) is 17.5 Å². The van der Waals surface area contributed by atoms with E-state index in [1.165, 1.54) is 28.4 Å². The van der Waals surface area contributed by atoms with Gasteiger partial charge in [-0.25, -0.2) is 9.37 Å². The number of carbonyl (C=O) groups excluding carboxylic acids is 2. The largest absolute Gasteiger partial charge is 0.321 e. The molecule has 148 valence electrons. The first-order valence-corrected chi connectivity index (χ1v) is 10.2. The molecule has 2 amide bonds. The summed E-state index contributed by atoms with van der Waals surface area (Å²) < 4.78 is 14.5. The number of anilines is 2. The van der Waals surface area contributed by atoms with E-state index in [0.29, 0.717) is 35.6 Å². The van der Waals surface area contributed by atoms with E-state index in [0.717, 1.165) is 17.0 Å². The SMILES string of the molecule is Cc1nc(Cc2ccccc2)sc1C(=O)Nc1ccc(N2CCCC2=O)c(F)c1. The molecule has 1 aliphatic heterocycles. The van der Waals surface area contributed by atoms with Gasteiger partial charge in [-0.2, -0.15) is 0 Å². The van der Waals surface area contributed by atoms with Crippen LogP contribution in [0.15, 0.2) is 48.5 Å². The molecule has 0 radical (unpaired) electrons. The van der Waals surface area contributed by atoms with Crippen molar-refractivity contribution < 1.29 is 14.0 Å². The number of benzene rings is 2. The number of hydrogen-bond donors (Lipinski definition) is 1. The van der Waals surface area contributed by atoms with Crippen LogP contribution in [0.5, 0.6) is 0 Å². The van der Waals surface area contributed by atoms with Crippen LogP contribution in [0.1, 0.15) is 38.8 Å². The summed E-state index contributed by atoms with van der Waals surface area (Å²) in [5.41, 5.74) is 2.38. The van der Waals surface area contributed by atoms with E-state index in [1.807, 2.05) is 30.3 Å². The molecule has 29 heavy (non-hydrogen) atoms. The number of rotatable bonds is 5. The Balaban J connectivity index is 1.48. The maximum absolute atomic E-state index is 14.5. The molecule has 0 unspecified atom stereocenters. The van der Waals surface area contributed by atoms with Crippen LogP contribution in [-0.2, 0) is 11.2 Å². The van der Waals surface area contributed by atoms with Gasteiger partial charge in [-0.1, -0.05) is 30.3 Å². The molecule has 7 heteroatoms. The van der Waals surface area contributed by atoms with Gasteiger partial charge in [0.05, 0.1) is 16.4 Å². The second-order valence-electron chi connectivity index (χ2n) is 6.95. The summed E-state index contributed by atoms with van der Waals surface area (Å²) in [6, 6.07) is 14.3. The second kappa shape index (κ2) is 8.13. The summed E-state index contributed by atoms with van der Waals surface area (Å²) in [5, 5.41) is 3.59. The van der Waals surface area contributed by atoms with Crippen molar-refractivity contribution in [3.8, 4) is 0 Å². The Bertz CT molecular complexity index is 1070. The molecule has 0 bridgehead atoms. The van der Waals surface area contributed by atoms with Gasteiger partial charge in [0.25, 0.3) is 5.91 Å². The number of aryl methyl sites for hydroxylation is 1. The highest BCUT2D eigenvalue weighted by atomic mass is 32.1. The van der Waals surface area contributed by atoms with Gasteiger partial charge in [0.2, 0.25) is 5.91 Å². The van der Waals surface area contributed by atoms with Crippen LogP contribution in [0.3, 0.4) is 0 Å². The molecule has 1 aromatic heterocycles. The number of nitrogens with zero attached hydrogens (tertiary/aromatic N) is 2. The molecule has 1 saturated heterocycles. The quantitative estimate of drug-likeness (QED) is 0.672. The molecule has 1 fully saturated rings. The number of nitrogens with one attached hydrogen (secondary N) is 1. The first kappa shape index (κ1) is 19.3. The summed E-state index contributed by atoms with van der Waals surface area (Å²) in [6.07, 6.45) is 1.83. The zero-order valence-corrected chi connectivity index (χ0v) is 16.8. The lowest BCUT2D eigenvalue weighted by molar-refractivity contribution is -0.117. The number of carbonyl (C=O) groups is 2. The van der Waals surface area contributed by atoms with Crippen molar-refractivity contribution in [3.63, 3.8) is 0 Å². The third kappa shape index (κ3) is 4.19. The maximum Gasteiger partial charge on any atom is 0.267 e. The van der Waals surface area contributed by atoms with Gasteiger partial charge in [-0.15, -0.1) is 11.3 Å². The highest BCUT2D eigenvalue weighted by Crippen LogP contribution is 2.28. The lowest BCUT2D eigenvalue weighted by Gasteiger charge is -2.17. The molecule has 2 heterocycles. The first-order valence-electron chi connectivity index (χ1n) is 9.43.